The Balaban J connectivity index is 3.23. The first-order valence-electron chi connectivity index (χ1n) is 3.12. The molecular weight excluding hydrogens is 233 g/mol. The summed E-state index contributed by atoms with van der Waals surface area (Å²) in [6.07, 6.45) is -5.74. The summed E-state index contributed by atoms with van der Waals surface area (Å²) < 4.78 is 60.6. The van der Waals surface area contributed by atoms with Crippen molar-refractivity contribution in [3.63, 3.8) is 0 Å². The molecule has 0 aromatic carbocycles. The highest BCUT2D eigenvalue weighted by atomic mass is 35.5. The Labute approximate surface area is 79.0 Å². The smallest absolute Gasteiger partial charge is 0.381 e. The second-order valence-electron chi connectivity index (χ2n) is 2.37. The highest BCUT2D eigenvalue weighted by Gasteiger charge is 2.61. The molecule has 1 heterocycles. The Morgan fingerprint density at radius 1 is 1.21 bits per heavy atom. The van der Waals surface area contributed by atoms with Crippen LogP contribution < -0.4 is 5.73 Å². The minimum absolute atomic E-state index is 0.606. The van der Waals surface area contributed by atoms with E-state index in [0.29, 0.717) is 0 Å². The van der Waals surface area contributed by atoms with Gasteiger partial charge in [-0.2, -0.15) is 27.1 Å². The minimum Gasteiger partial charge on any atom is -0.381 e. The predicted octanol–water partition coefficient (Wildman–Crippen LogP) is 2.30. The van der Waals surface area contributed by atoms with E-state index in [1.54, 1.807) is 0 Å². The molecule has 0 radical (unpaired) electrons. The summed E-state index contributed by atoms with van der Waals surface area (Å²) in [4.78, 5) is 0. The van der Waals surface area contributed by atoms with Crippen molar-refractivity contribution in [2.45, 2.75) is 12.1 Å². The maximum absolute atomic E-state index is 12.6. The second kappa shape index (κ2) is 2.97. The number of aromatic amines is 1. The van der Waals surface area contributed by atoms with Crippen LogP contribution in [0.4, 0.5) is 27.8 Å². The van der Waals surface area contributed by atoms with Crippen LogP contribution in [0, 0.1) is 0 Å². The molecule has 0 aliphatic heterocycles. The third-order valence-electron chi connectivity index (χ3n) is 1.40. The molecule has 0 amide bonds. The molecule has 0 bridgehead atoms. The molecule has 9 heteroatoms. The SMILES string of the molecule is Nc1n[nH]c(C(F)(F)C(F)(F)F)c1Cl. The fraction of sp³-hybridized carbons (Fsp3) is 0.400. The molecule has 0 aliphatic carbocycles. The largest absolute Gasteiger partial charge is 0.459 e. The Kier molecular flexibility index (Phi) is 2.34. The van der Waals surface area contributed by atoms with Crippen LogP contribution in [0.3, 0.4) is 0 Å². The van der Waals surface area contributed by atoms with Gasteiger partial charge >= 0.3 is 12.1 Å². The summed E-state index contributed by atoms with van der Waals surface area (Å²) >= 11 is 5.10. The van der Waals surface area contributed by atoms with Crippen molar-refractivity contribution in [3.05, 3.63) is 10.7 Å². The van der Waals surface area contributed by atoms with Gasteiger partial charge in [0, 0.05) is 0 Å². The number of nitrogens with two attached hydrogens (primary N) is 1. The number of rotatable bonds is 1. The van der Waals surface area contributed by atoms with E-state index in [4.69, 9.17) is 17.3 Å². The van der Waals surface area contributed by atoms with Crippen molar-refractivity contribution in [1.29, 1.82) is 0 Å². The Hall–Kier alpha value is -1.05. The summed E-state index contributed by atoms with van der Waals surface area (Å²) in [6.45, 7) is 0. The minimum atomic E-state index is -5.74. The number of nitrogens with one attached hydrogen (secondary N) is 1. The number of hydrogen-bond acceptors (Lipinski definition) is 2. The average molecular weight is 236 g/mol. The van der Waals surface area contributed by atoms with E-state index in [1.165, 1.54) is 5.10 Å². The van der Waals surface area contributed by atoms with Crippen LogP contribution in [0.15, 0.2) is 0 Å². The number of anilines is 1. The summed E-state index contributed by atoms with van der Waals surface area (Å²) in [6, 6.07) is 0. The molecule has 0 saturated carbocycles. The van der Waals surface area contributed by atoms with Gasteiger partial charge in [0.05, 0.1) is 0 Å². The lowest BCUT2D eigenvalue weighted by Gasteiger charge is -2.17. The van der Waals surface area contributed by atoms with E-state index < -0.39 is 28.6 Å². The normalized spacial score (nSPS) is 13.3. The van der Waals surface area contributed by atoms with Gasteiger partial charge in [-0.05, 0) is 0 Å². The standard InChI is InChI=1S/C5H3ClF5N3/c6-1-2(13-14-3(1)12)4(7,8)5(9,10)11/h(H3,12,13,14). The summed E-state index contributed by atoms with van der Waals surface area (Å²) in [5, 5.41) is 3.46. The van der Waals surface area contributed by atoms with Crippen molar-refractivity contribution in [2.24, 2.45) is 0 Å². The molecule has 0 saturated heterocycles. The van der Waals surface area contributed by atoms with Gasteiger partial charge in [-0.25, -0.2) is 0 Å². The van der Waals surface area contributed by atoms with E-state index in [2.05, 4.69) is 5.10 Å². The molecule has 1 rings (SSSR count). The third kappa shape index (κ3) is 1.49. The molecule has 3 N–H and O–H groups in total. The molecular formula is C5H3ClF5N3. The molecule has 0 unspecified atom stereocenters. The zero-order chi connectivity index (χ0) is 11.1. The van der Waals surface area contributed by atoms with Crippen LogP contribution in [0.1, 0.15) is 5.69 Å². The first-order valence-corrected chi connectivity index (χ1v) is 3.50. The van der Waals surface area contributed by atoms with Gasteiger partial charge in [0.2, 0.25) is 0 Å². The molecule has 1 aromatic heterocycles. The molecule has 0 atom stereocenters. The molecule has 80 valence electrons. The Morgan fingerprint density at radius 2 is 1.71 bits per heavy atom. The van der Waals surface area contributed by atoms with Crippen LogP contribution in [0.25, 0.3) is 0 Å². The van der Waals surface area contributed by atoms with Crippen LogP contribution in [-0.4, -0.2) is 16.4 Å². The lowest BCUT2D eigenvalue weighted by Crippen LogP contribution is -2.34. The third-order valence-corrected chi connectivity index (χ3v) is 1.79. The van der Waals surface area contributed by atoms with Gasteiger partial charge in [-0.1, -0.05) is 11.6 Å². The fourth-order valence-corrected chi connectivity index (χ4v) is 0.895. The van der Waals surface area contributed by atoms with E-state index >= 15 is 0 Å². The van der Waals surface area contributed by atoms with Crippen molar-refractivity contribution in [1.82, 2.24) is 10.2 Å². The summed E-state index contributed by atoms with van der Waals surface area (Å²) in [5.41, 5.74) is 3.35. The van der Waals surface area contributed by atoms with Gasteiger partial charge in [-0.3, -0.25) is 5.10 Å². The van der Waals surface area contributed by atoms with Gasteiger partial charge < -0.3 is 5.73 Å². The van der Waals surface area contributed by atoms with Gasteiger partial charge in [0.1, 0.15) is 10.7 Å². The zero-order valence-corrected chi connectivity index (χ0v) is 7.05. The quantitative estimate of drug-likeness (QED) is 0.734. The number of hydrogen-bond donors (Lipinski definition) is 2. The van der Waals surface area contributed by atoms with Gasteiger partial charge in [-0.15, -0.1) is 0 Å². The summed E-state index contributed by atoms with van der Waals surface area (Å²) in [5.74, 6) is -5.69. The van der Waals surface area contributed by atoms with E-state index in [1.807, 2.05) is 0 Å². The van der Waals surface area contributed by atoms with Crippen molar-refractivity contribution in [2.75, 3.05) is 5.73 Å². The molecule has 3 nitrogen and oxygen atoms in total. The van der Waals surface area contributed by atoms with Crippen molar-refractivity contribution >= 4 is 17.4 Å². The maximum atomic E-state index is 12.6. The first kappa shape index (κ1) is 11.0. The number of nitrogens with zero attached hydrogens (tertiary/aromatic N) is 1. The van der Waals surface area contributed by atoms with E-state index in [-0.39, 0.29) is 0 Å². The zero-order valence-electron chi connectivity index (χ0n) is 6.29. The van der Waals surface area contributed by atoms with E-state index in [0.717, 1.165) is 0 Å². The maximum Gasteiger partial charge on any atom is 0.459 e. The highest BCUT2D eigenvalue weighted by molar-refractivity contribution is 6.33. The molecule has 1 aromatic rings. The monoisotopic (exact) mass is 235 g/mol. The topological polar surface area (TPSA) is 54.7 Å². The van der Waals surface area contributed by atoms with Crippen LogP contribution in [0.5, 0.6) is 0 Å². The van der Waals surface area contributed by atoms with Crippen LogP contribution in [-0.2, 0) is 5.92 Å². The Bertz CT molecular complexity index is 344. The predicted molar refractivity (Wildman–Crippen MR) is 38.0 cm³/mol. The lowest BCUT2D eigenvalue weighted by atomic mass is 10.2. The molecule has 0 spiro atoms. The molecule has 0 fully saturated rings. The van der Waals surface area contributed by atoms with Crippen molar-refractivity contribution < 1.29 is 22.0 Å². The van der Waals surface area contributed by atoms with E-state index in [9.17, 15) is 22.0 Å². The fourth-order valence-electron chi connectivity index (χ4n) is 0.692. The number of alkyl halides is 5. The number of nitrogen functional groups attached to an aromatic ring is 1. The molecule has 14 heavy (non-hydrogen) atoms. The highest BCUT2D eigenvalue weighted by Crippen LogP contribution is 2.46. The number of aromatic nitrogens is 2. The van der Waals surface area contributed by atoms with Gasteiger partial charge in [0.25, 0.3) is 0 Å². The van der Waals surface area contributed by atoms with Crippen LogP contribution in [0.2, 0.25) is 5.02 Å². The van der Waals surface area contributed by atoms with Gasteiger partial charge in [0.15, 0.2) is 5.82 Å². The average Bonchev–Trinajstić information content (AvgIpc) is 2.30. The van der Waals surface area contributed by atoms with Crippen LogP contribution >= 0.6 is 11.6 Å². The number of halogens is 6. The Morgan fingerprint density at radius 3 is 2.00 bits per heavy atom. The second-order valence-corrected chi connectivity index (χ2v) is 2.75. The lowest BCUT2D eigenvalue weighted by molar-refractivity contribution is -0.290. The number of H-pyrrole nitrogens is 1. The first-order chi connectivity index (χ1) is 6.18. The van der Waals surface area contributed by atoms with Crippen molar-refractivity contribution in [3.8, 4) is 0 Å². The molecule has 0 aliphatic rings. The summed E-state index contributed by atoms with van der Waals surface area (Å²) in [7, 11) is 0.